The quantitative estimate of drug-likeness (QED) is 0.729. The second-order valence-electron chi connectivity index (χ2n) is 4.47. The summed E-state index contributed by atoms with van der Waals surface area (Å²) >= 11 is 2.25. The Hall–Kier alpha value is -0.820. The maximum absolute atomic E-state index is 12.1. The first-order valence-electron chi connectivity index (χ1n) is 5.58. The maximum Gasteiger partial charge on any atom is 0.232 e. The molecule has 2 heterocycles. The molecule has 5 heteroatoms. The van der Waals surface area contributed by atoms with Crippen LogP contribution in [0.25, 0.3) is 0 Å². The summed E-state index contributed by atoms with van der Waals surface area (Å²) < 4.78 is 6.55. The first kappa shape index (κ1) is 11.3. The molecule has 1 saturated heterocycles. The van der Waals surface area contributed by atoms with E-state index in [-0.39, 0.29) is 17.9 Å². The predicted octanol–water partition coefficient (Wildman–Crippen LogP) is 1.69. The number of likely N-dealkylation sites (N-methyl/N-ethyl adjacent to an activating group) is 1. The molecule has 1 aromatic rings. The van der Waals surface area contributed by atoms with Crippen LogP contribution in [0.15, 0.2) is 18.2 Å². The molecule has 1 N–H and O–H groups in total. The molecule has 90 valence electrons. The summed E-state index contributed by atoms with van der Waals surface area (Å²) in [6.07, 6.45) is 0. The van der Waals surface area contributed by atoms with Crippen molar-refractivity contribution < 1.29 is 9.53 Å². The van der Waals surface area contributed by atoms with E-state index in [1.54, 1.807) is 0 Å². The first-order chi connectivity index (χ1) is 8.16. The second-order valence-corrected chi connectivity index (χ2v) is 5.72. The van der Waals surface area contributed by atoms with Gasteiger partial charge in [0.15, 0.2) is 0 Å². The summed E-state index contributed by atoms with van der Waals surface area (Å²) in [4.78, 5) is 14.2. The minimum Gasteiger partial charge on any atom is -0.378 e. The average Bonchev–Trinajstić information content (AvgIpc) is 2.74. The third kappa shape index (κ3) is 1.81. The molecule has 2 aliphatic rings. The Labute approximate surface area is 113 Å². The smallest absolute Gasteiger partial charge is 0.232 e. The zero-order valence-electron chi connectivity index (χ0n) is 9.44. The zero-order valence-corrected chi connectivity index (χ0v) is 11.6. The zero-order chi connectivity index (χ0) is 12.0. The van der Waals surface area contributed by atoms with Crippen molar-refractivity contribution in [3.05, 3.63) is 21.8 Å². The van der Waals surface area contributed by atoms with E-state index in [1.165, 1.54) is 0 Å². The third-order valence-electron chi connectivity index (χ3n) is 3.48. The Kier molecular flexibility index (Phi) is 2.74. The number of anilines is 2. The summed E-state index contributed by atoms with van der Waals surface area (Å²) in [5, 5.41) is 3.00. The van der Waals surface area contributed by atoms with E-state index in [0.29, 0.717) is 13.2 Å². The van der Waals surface area contributed by atoms with E-state index in [1.807, 2.05) is 13.1 Å². The molecule has 0 aliphatic carbocycles. The highest BCUT2D eigenvalue weighted by molar-refractivity contribution is 14.1. The van der Waals surface area contributed by atoms with Gasteiger partial charge < -0.3 is 15.0 Å². The first-order valence-corrected chi connectivity index (χ1v) is 6.65. The fourth-order valence-electron chi connectivity index (χ4n) is 2.50. The summed E-state index contributed by atoms with van der Waals surface area (Å²) in [7, 11) is 2.03. The van der Waals surface area contributed by atoms with Gasteiger partial charge in [-0.1, -0.05) is 0 Å². The number of hydrogen-bond donors (Lipinski definition) is 1. The molecular weight excluding hydrogens is 331 g/mol. The van der Waals surface area contributed by atoms with Crippen LogP contribution in [0.4, 0.5) is 11.4 Å². The lowest BCUT2D eigenvalue weighted by atomic mass is 10.0. The molecule has 0 saturated carbocycles. The predicted molar refractivity (Wildman–Crippen MR) is 74.3 cm³/mol. The number of amides is 1. The van der Waals surface area contributed by atoms with Gasteiger partial charge in [-0.15, -0.1) is 0 Å². The van der Waals surface area contributed by atoms with Crippen molar-refractivity contribution in [2.75, 3.05) is 30.5 Å². The van der Waals surface area contributed by atoms with Crippen molar-refractivity contribution >= 4 is 39.9 Å². The van der Waals surface area contributed by atoms with E-state index in [0.717, 1.165) is 14.9 Å². The highest BCUT2D eigenvalue weighted by Gasteiger charge is 2.39. The van der Waals surface area contributed by atoms with Gasteiger partial charge >= 0.3 is 0 Å². The van der Waals surface area contributed by atoms with E-state index >= 15 is 0 Å². The van der Waals surface area contributed by atoms with Gasteiger partial charge in [0.2, 0.25) is 5.91 Å². The topological polar surface area (TPSA) is 41.6 Å². The molecule has 2 aliphatic heterocycles. The van der Waals surface area contributed by atoms with Crippen LogP contribution in [-0.4, -0.2) is 32.2 Å². The number of nitrogens with zero attached hydrogens (tertiary/aromatic N) is 1. The van der Waals surface area contributed by atoms with Gasteiger partial charge in [0.1, 0.15) is 0 Å². The maximum atomic E-state index is 12.1. The van der Waals surface area contributed by atoms with Crippen LogP contribution < -0.4 is 10.2 Å². The monoisotopic (exact) mass is 344 g/mol. The number of halogens is 1. The minimum atomic E-state index is -0.0648. The number of nitrogens with one attached hydrogen (secondary N) is 1. The number of carbonyl (C=O) groups is 1. The second kappa shape index (κ2) is 4.13. The number of ether oxygens (including phenoxy) is 1. The van der Waals surface area contributed by atoms with E-state index in [2.05, 4.69) is 44.9 Å². The molecule has 1 amide bonds. The molecule has 3 rings (SSSR count). The van der Waals surface area contributed by atoms with Crippen LogP contribution in [0.3, 0.4) is 0 Å². The number of hydrogen-bond acceptors (Lipinski definition) is 3. The van der Waals surface area contributed by atoms with Crippen LogP contribution in [-0.2, 0) is 9.53 Å². The van der Waals surface area contributed by atoms with E-state index in [9.17, 15) is 4.79 Å². The lowest BCUT2D eigenvalue weighted by Gasteiger charge is -2.26. The Morgan fingerprint density at radius 1 is 1.47 bits per heavy atom. The molecular formula is C12H13IN2O2. The van der Waals surface area contributed by atoms with Crippen molar-refractivity contribution in [3.63, 3.8) is 0 Å². The van der Waals surface area contributed by atoms with Crippen LogP contribution in [0.5, 0.6) is 0 Å². The molecule has 0 radical (unpaired) electrons. The summed E-state index contributed by atoms with van der Waals surface area (Å²) in [5.41, 5.74) is 1.97. The summed E-state index contributed by atoms with van der Waals surface area (Å²) in [6.45, 7) is 1.14. The van der Waals surface area contributed by atoms with Crippen molar-refractivity contribution in [2.24, 2.45) is 5.92 Å². The van der Waals surface area contributed by atoms with E-state index < -0.39 is 0 Å². The number of carbonyl (C=O) groups excluding carboxylic acids is 1. The number of rotatable bonds is 0. The third-order valence-corrected chi connectivity index (χ3v) is 4.15. The van der Waals surface area contributed by atoms with Gasteiger partial charge in [-0.2, -0.15) is 0 Å². The lowest BCUT2D eigenvalue weighted by Crippen LogP contribution is -2.40. The molecule has 2 unspecified atom stereocenters. The lowest BCUT2D eigenvalue weighted by molar-refractivity contribution is -0.120. The normalized spacial score (nSPS) is 27.2. The van der Waals surface area contributed by atoms with Gasteiger partial charge in [0.25, 0.3) is 0 Å². The van der Waals surface area contributed by atoms with E-state index in [4.69, 9.17) is 4.74 Å². The number of fused-ring (bicyclic) bond motifs is 2. The van der Waals surface area contributed by atoms with Crippen molar-refractivity contribution in [3.8, 4) is 0 Å². The summed E-state index contributed by atoms with van der Waals surface area (Å²) in [6, 6.07) is 6.26. The molecule has 1 aromatic carbocycles. The Bertz CT molecular complexity index is 478. The molecule has 17 heavy (non-hydrogen) atoms. The molecule has 0 spiro atoms. The van der Waals surface area contributed by atoms with Gasteiger partial charge in [-0.05, 0) is 40.8 Å². The fourth-order valence-corrected chi connectivity index (χ4v) is 2.99. The van der Waals surface area contributed by atoms with Crippen LogP contribution in [0.2, 0.25) is 0 Å². The van der Waals surface area contributed by atoms with Gasteiger partial charge in [0.05, 0.1) is 36.5 Å². The van der Waals surface area contributed by atoms with Crippen LogP contribution in [0, 0.1) is 9.49 Å². The van der Waals surface area contributed by atoms with Crippen LogP contribution in [0.1, 0.15) is 0 Å². The molecule has 4 nitrogen and oxygen atoms in total. The van der Waals surface area contributed by atoms with Crippen molar-refractivity contribution in [1.29, 1.82) is 0 Å². The highest BCUT2D eigenvalue weighted by atomic mass is 127. The fraction of sp³-hybridized carbons (Fsp3) is 0.417. The Morgan fingerprint density at radius 3 is 3.12 bits per heavy atom. The highest BCUT2D eigenvalue weighted by Crippen LogP contribution is 2.35. The van der Waals surface area contributed by atoms with Gasteiger partial charge in [-0.3, -0.25) is 4.79 Å². The SMILES string of the molecule is CN1c2ccc(I)cc2NC(=O)C2COCC21. The largest absolute Gasteiger partial charge is 0.378 e. The van der Waals surface area contributed by atoms with Gasteiger partial charge in [-0.25, -0.2) is 0 Å². The molecule has 2 atom stereocenters. The molecule has 1 fully saturated rings. The molecule has 0 aromatic heterocycles. The van der Waals surface area contributed by atoms with Crippen molar-refractivity contribution in [1.82, 2.24) is 0 Å². The van der Waals surface area contributed by atoms with Crippen LogP contribution >= 0.6 is 22.6 Å². The number of benzene rings is 1. The Balaban J connectivity index is 2.08. The molecule has 0 bridgehead atoms. The van der Waals surface area contributed by atoms with Crippen molar-refractivity contribution in [2.45, 2.75) is 6.04 Å². The minimum absolute atomic E-state index is 0.0648. The Morgan fingerprint density at radius 2 is 2.29 bits per heavy atom. The summed E-state index contributed by atoms with van der Waals surface area (Å²) in [5.74, 6) is 0.00478. The average molecular weight is 344 g/mol. The standard InChI is InChI=1S/C12H13IN2O2/c1-15-10-3-2-7(13)4-9(10)14-12(16)8-5-17-6-11(8)15/h2-4,8,11H,5-6H2,1H3,(H,14,16). The van der Waals surface area contributed by atoms with Gasteiger partial charge in [0, 0.05) is 10.6 Å².